The average Bonchev–Trinajstić information content (AvgIpc) is 3.19. The molecule has 2 aromatic rings. The zero-order valence-electron chi connectivity index (χ0n) is 13.6. The van der Waals surface area contributed by atoms with Crippen molar-refractivity contribution in [1.29, 1.82) is 0 Å². The topological polar surface area (TPSA) is 62.7 Å². The van der Waals surface area contributed by atoms with Crippen LogP contribution in [0, 0.1) is 5.92 Å². The van der Waals surface area contributed by atoms with Gasteiger partial charge in [0.25, 0.3) is 0 Å². The van der Waals surface area contributed by atoms with Gasteiger partial charge >= 0.3 is 6.09 Å². The molecule has 1 aliphatic carbocycles. The minimum atomic E-state index is -0.946. The summed E-state index contributed by atoms with van der Waals surface area (Å²) in [6.45, 7) is 0.760. The summed E-state index contributed by atoms with van der Waals surface area (Å²) in [5.74, 6) is -0.00949. The monoisotopic (exact) mass is 358 g/mol. The maximum Gasteiger partial charge on any atom is 0.410 e. The minimum Gasteiger partial charge on any atom is -0.445 e. The highest BCUT2D eigenvalue weighted by Gasteiger charge is 2.56. The summed E-state index contributed by atoms with van der Waals surface area (Å²) in [7, 11) is 0. The summed E-state index contributed by atoms with van der Waals surface area (Å²) in [6.07, 6.45) is 2.59. The van der Waals surface area contributed by atoms with Crippen molar-refractivity contribution in [2.45, 2.75) is 31.1 Å². The van der Waals surface area contributed by atoms with Crippen molar-refractivity contribution >= 4 is 17.7 Å². The number of piperidine rings is 1. The van der Waals surface area contributed by atoms with E-state index >= 15 is 0 Å². The van der Waals surface area contributed by atoms with Crippen LogP contribution in [0.5, 0.6) is 0 Å². The lowest BCUT2D eigenvalue weighted by atomic mass is 9.83. The van der Waals surface area contributed by atoms with E-state index in [4.69, 9.17) is 16.3 Å². The molecule has 25 heavy (non-hydrogen) atoms. The molecule has 0 unspecified atom stereocenters. The number of fused-ring (bicyclic) bond motifs is 2. The summed E-state index contributed by atoms with van der Waals surface area (Å²) in [4.78, 5) is 18.2. The number of amides is 1. The molecule has 1 N–H and O–H groups in total. The molecule has 0 radical (unpaired) electrons. The molecule has 2 fully saturated rings. The van der Waals surface area contributed by atoms with Crippen LogP contribution >= 0.6 is 11.6 Å². The van der Waals surface area contributed by atoms with Gasteiger partial charge in [-0.05, 0) is 18.1 Å². The van der Waals surface area contributed by atoms with Gasteiger partial charge in [-0.15, -0.1) is 0 Å². The van der Waals surface area contributed by atoms with Crippen LogP contribution in [0.15, 0.2) is 48.7 Å². The summed E-state index contributed by atoms with van der Waals surface area (Å²) < 4.78 is 5.43. The van der Waals surface area contributed by atoms with Crippen molar-refractivity contribution in [2.75, 3.05) is 6.54 Å². The van der Waals surface area contributed by atoms with Crippen LogP contribution in [0.25, 0.3) is 0 Å². The lowest BCUT2D eigenvalue weighted by Gasteiger charge is -2.37. The number of aromatic nitrogens is 1. The largest absolute Gasteiger partial charge is 0.445 e. The first kappa shape index (κ1) is 16.4. The van der Waals surface area contributed by atoms with E-state index in [0.717, 1.165) is 17.5 Å². The van der Waals surface area contributed by atoms with Crippen LogP contribution < -0.4 is 0 Å². The number of pyridine rings is 1. The second-order valence-electron chi connectivity index (χ2n) is 6.78. The molecule has 4 rings (SSSR count). The number of nitrogens with zero attached hydrogens (tertiary/aromatic N) is 2. The van der Waals surface area contributed by atoms with Gasteiger partial charge in [0, 0.05) is 36.7 Å². The fourth-order valence-corrected chi connectivity index (χ4v) is 4.11. The summed E-state index contributed by atoms with van der Waals surface area (Å²) in [6, 6.07) is 13.1. The van der Waals surface area contributed by atoms with Crippen LogP contribution in [0.3, 0.4) is 0 Å². The third-order valence-electron chi connectivity index (χ3n) is 5.30. The molecule has 1 aromatic carbocycles. The Morgan fingerprint density at radius 1 is 1.32 bits per heavy atom. The van der Waals surface area contributed by atoms with Crippen LogP contribution in [0.2, 0.25) is 5.15 Å². The molecule has 2 bridgehead atoms. The highest BCUT2D eigenvalue weighted by Crippen LogP contribution is 2.50. The normalized spacial score (nSPS) is 27.5. The number of hydrogen-bond acceptors (Lipinski definition) is 4. The maximum absolute atomic E-state index is 12.4. The second-order valence-corrected chi connectivity index (χ2v) is 7.16. The molecule has 5 nitrogen and oxygen atoms in total. The third kappa shape index (κ3) is 2.98. The van der Waals surface area contributed by atoms with Crippen molar-refractivity contribution in [3.63, 3.8) is 0 Å². The average molecular weight is 359 g/mol. The number of benzene rings is 1. The standard InChI is InChI=1S/C19H19ClN2O3/c20-17-7-6-14(10-21-17)19(24)9-16-8-15(19)11-22(16)18(23)25-12-13-4-2-1-3-5-13/h1-7,10,15-16,24H,8-9,11-12H2/t15-,16-,19+/m0/s1. The zero-order chi connectivity index (χ0) is 17.4. The van der Waals surface area contributed by atoms with Gasteiger partial charge in [-0.2, -0.15) is 0 Å². The van der Waals surface area contributed by atoms with E-state index in [2.05, 4.69) is 4.98 Å². The Labute approximate surface area is 151 Å². The maximum atomic E-state index is 12.4. The van der Waals surface area contributed by atoms with Gasteiger partial charge in [0.15, 0.2) is 0 Å². The Kier molecular flexibility index (Phi) is 4.13. The van der Waals surface area contributed by atoms with Gasteiger partial charge in [-0.3, -0.25) is 0 Å². The SMILES string of the molecule is O=C(OCc1ccccc1)N1C[C@@H]2C[C@H]1C[C@@]2(O)c1ccc(Cl)nc1. The molecule has 3 atom stereocenters. The van der Waals surface area contributed by atoms with Gasteiger partial charge in [0.05, 0.1) is 5.60 Å². The highest BCUT2D eigenvalue weighted by molar-refractivity contribution is 6.29. The van der Waals surface area contributed by atoms with Gasteiger partial charge in [0.1, 0.15) is 11.8 Å². The van der Waals surface area contributed by atoms with E-state index in [1.165, 1.54) is 0 Å². The van der Waals surface area contributed by atoms with Crippen molar-refractivity contribution < 1.29 is 14.6 Å². The van der Waals surface area contributed by atoms with Crippen LogP contribution in [0.1, 0.15) is 24.0 Å². The first-order chi connectivity index (χ1) is 12.1. The predicted octanol–water partition coefficient (Wildman–Crippen LogP) is 3.35. The lowest BCUT2D eigenvalue weighted by Crippen LogP contribution is -2.46. The number of rotatable bonds is 3. The van der Waals surface area contributed by atoms with Gasteiger partial charge in [-0.25, -0.2) is 9.78 Å². The molecule has 2 heterocycles. The molecule has 1 amide bonds. The van der Waals surface area contributed by atoms with Crippen LogP contribution in [-0.2, 0) is 16.9 Å². The first-order valence-corrected chi connectivity index (χ1v) is 8.76. The van der Waals surface area contributed by atoms with E-state index in [-0.39, 0.29) is 24.7 Å². The Hall–Kier alpha value is -2.11. The number of carbonyl (C=O) groups excluding carboxylic acids is 1. The fraction of sp³-hybridized carbons (Fsp3) is 0.368. The molecule has 1 aliphatic heterocycles. The fourth-order valence-electron chi connectivity index (χ4n) is 3.99. The van der Waals surface area contributed by atoms with Gasteiger partial charge < -0.3 is 14.7 Å². The van der Waals surface area contributed by atoms with E-state index in [0.29, 0.717) is 18.1 Å². The Bertz CT molecular complexity index is 768. The number of hydrogen-bond donors (Lipinski definition) is 1. The minimum absolute atomic E-state index is 0.00560. The van der Waals surface area contributed by atoms with Crippen molar-refractivity contribution in [3.8, 4) is 0 Å². The Morgan fingerprint density at radius 2 is 2.12 bits per heavy atom. The number of ether oxygens (including phenoxy) is 1. The number of halogens is 1. The zero-order valence-corrected chi connectivity index (χ0v) is 14.4. The van der Waals surface area contributed by atoms with E-state index in [1.54, 1.807) is 17.2 Å². The van der Waals surface area contributed by atoms with Crippen LogP contribution in [0.4, 0.5) is 4.79 Å². The third-order valence-corrected chi connectivity index (χ3v) is 5.53. The summed E-state index contributed by atoms with van der Waals surface area (Å²) in [5, 5.41) is 11.5. The summed E-state index contributed by atoms with van der Waals surface area (Å²) in [5.41, 5.74) is 0.781. The van der Waals surface area contributed by atoms with Crippen molar-refractivity contribution in [3.05, 3.63) is 64.9 Å². The number of likely N-dealkylation sites (tertiary alicyclic amines) is 1. The molecule has 130 valence electrons. The van der Waals surface area contributed by atoms with Gasteiger partial charge in [0.2, 0.25) is 0 Å². The van der Waals surface area contributed by atoms with Crippen molar-refractivity contribution in [1.82, 2.24) is 9.88 Å². The quantitative estimate of drug-likeness (QED) is 0.855. The molecule has 0 spiro atoms. The molecule has 6 heteroatoms. The Morgan fingerprint density at radius 3 is 2.76 bits per heavy atom. The molecular formula is C19H19ClN2O3. The molecule has 2 aliphatic rings. The first-order valence-electron chi connectivity index (χ1n) is 8.38. The Balaban J connectivity index is 1.40. The molecule has 1 aromatic heterocycles. The summed E-state index contributed by atoms with van der Waals surface area (Å²) >= 11 is 5.83. The second kappa shape index (κ2) is 6.32. The lowest BCUT2D eigenvalue weighted by molar-refractivity contribution is -0.0366. The van der Waals surface area contributed by atoms with Crippen LogP contribution in [-0.4, -0.2) is 33.7 Å². The number of carbonyl (C=O) groups is 1. The molecule has 1 saturated heterocycles. The van der Waals surface area contributed by atoms with E-state index in [1.807, 2.05) is 36.4 Å². The highest BCUT2D eigenvalue weighted by atomic mass is 35.5. The predicted molar refractivity (Wildman–Crippen MR) is 93.0 cm³/mol. The van der Waals surface area contributed by atoms with E-state index in [9.17, 15) is 9.90 Å². The van der Waals surface area contributed by atoms with E-state index < -0.39 is 5.60 Å². The van der Waals surface area contributed by atoms with Gasteiger partial charge in [-0.1, -0.05) is 48.0 Å². The molecule has 1 saturated carbocycles. The number of aliphatic hydroxyl groups is 1. The van der Waals surface area contributed by atoms with Crippen molar-refractivity contribution in [2.24, 2.45) is 5.92 Å². The molecular weight excluding hydrogens is 340 g/mol. The smallest absolute Gasteiger partial charge is 0.410 e.